The van der Waals surface area contributed by atoms with Crippen molar-refractivity contribution in [2.45, 2.75) is 40.0 Å². The van der Waals surface area contributed by atoms with Crippen LogP contribution in [-0.2, 0) is 0 Å². The van der Waals surface area contributed by atoms with Gasteiger partial charge in [0, 0.05) is 17.7 Å². The highest BCUT2D eigenvalue weighted by Gasteiger charge is 2.19. The van der Waals surface area contributed by atoms with Gasteiger partial charge in [-0.2, -0.15) is 9.61 Å². The number of aromatic nitrogens is 3. The molecule has 0 aliphatic rings. The summed E-state index contributed by atoms with van der Waals surface area (Å²) in [5.74, 6) is 1.32. The van der Waals surface area contributed by atoms with Crippen LogP contribution in [0.5, 0.6) is 0 Å². The van der Waals surface area contributed by atoms with E-state index in [1.165, 1.54) is 0 Å². The lowest BCUT2D eigenvalue weighted by atomic mass is 10.0. The van der Waals surface area contributed by atoms with Crippen LogP contribution in [0.2, 0.25) is 5.15 Å². The first-order valence-corrected chi connectivity index (χ1v) is 6.75. The van der Waals surface area contributed by atoms with Crippen LogP contribution in [0.25, 0.3) is 5.65 Å². The summed E-state index contributed by atoms with van der Waals surface area (Å²) < 4.78 is 1.85. The van der Waals surface area contributed by atoms with Crippen LogP contribution < -0.4 is 5.32 Å². The number of nitrogens with zero attached hydrogens (tertiary/aromatic N) is 3. The summed E-state index contributed by atoms with van der Waals surface area (Å²) in [4.78, 5) is 4.47. The molecule has 5 heteroatoms. The first kappa shape index (κ1) is 13.1. The van der Waals surface area contributed by atoms with Crippen LogP contribution in [0.15, 0.2) is 6.20 Å². The number of hydrogen-bond donors (Lipinski definition) is 1. The van der Waals surface area contributed by atoms with Crippen LogP contribution in [0, 0.1) is 6.92 Å². The average Bonchev–Trinajstić information content (AvgIpc) is 2.71. The van der Waals surface area contributed by atoms with Crippen LogP contribution in [-0.4, -0.2) is 21.1 Å². The van der Waals surface area contributed by atoms with Crippen molar-refractivity contribution >= 4 is 23.1 Å². The van der Waals surface area contributed by atoms with E-state index in [1.807, 2.05) is 17.6 Å². The van der Waals surface area contributed by atoms with E-state index in [-0.39, 0.29) is 0 Å². The molecular weight excluding hydrogens is 248 g/mol. The molecule has 2 heterocycles. The van der Waals surface area contributed by atoms with E-state index in [0.717, 1.165) is 35.6 Å². The Morgan fingerprint density at radius 3 is 2.78 bits per heavy atom. The molecule has 2 rings (SSSR count). The van der Waals surface area contributed by atoms with E-state index >= 15 is 0 Å². The molecule has 2 aromatic rings. The fraction of sp³-hybridized carbons (Fsp3) is 0.538. The highest BCUT2D eigenvalue weighted by atomic mass is 35.5. The van der Waals surface area contributed by atoms with Gasteiger partial charge in [0.05, 0.1) is 6.20 Å². The van der Waals surface area contributed by atoms with Crippen molar-refractivity contribution in [3.05, 3.63) is 22.5 Å². The van der Waals surface area contributed by atoms with Gasteiger partial charge in [-0.1, -0.05) is 25.4 Å². The maximum Gasteiger partial charge on any atom is 0.161 e. The highest BCUT2D eigenvalue weighted by Crippen LogP contribution is 2.33. The van der Waals surface area contributed by atoms with E-state index in [1.54, 1.807) is 0 Å². The third-order valence-electron chi connectivity index (χ3n) is 3.26. The summed E-state index contributed by atoms with van der Waals surface area (Å²) in [6, 6.07) is 0. The van der Waals surface area contributed by atoms with Gasteiger partial charge in [0.25, 0.3) is 0 Å². The largest absolute Gasteiger partial charge is 0.370 e. The van der Waals surface area contributed by atoms with Gasteiger partial charge in [0.15, 0.2) is 5.65 Å². The van der Waals surface area contributed by atoms with Gasteiger partial charge in [-0.15, -0.1) is 0 Å². The van der Waals surface area contributed by atoms with E-state index in [4.69, 9.17) is 11.6 Å². The highest BCUT2D eigenvalue weighted by molar-refractivity contribution is 6.30. The third kappa shape index (κ3) is 2.05. The summed E-state index contributed by atoms with van der Waals surface area (Å²) >= 11 is 6.35. The maximum absolute atomic E-state index is 6.35. The molecule has 1 atom stereocenters. The van der Waals surface area contributed by atoms with Gasteiger partial charge in [-0.3, -0.25) is 0 Å². The molecule has 1 unspecified atom stereocenters. The van der Waals surface area contributed by atoms with Gasteiger partial charge in [-0.05, 0) is 26.2 Å². The SMILES string of the molecule is CCNc1c(C(C)CC)c(Cl)nc2c(C)cnn12. The number of halogens is 1. The summed E-state index contributed by atoms with van der Waals surface area (Å²) in [6.45, 7) is 9.19. The number of nitrogens with one attached hydrogen (secondary N) is 1. The van der Waals surface area contributed by atoms with E-state index < -0.39 is 0 Å². The van der Waals surface area contributed by atoms with Crippen molar-refractivity contribution in [3.8, 4) is 0 Å². The quantitative estimate of drug-likeness (QED) is 0.859. The van der Waals surface area contributed by atoms with Gasteiger partial charge >= 0.3 is 0 Å². The topological polar surface area (TPSA) is 42.2 Å². The normalized spacial score (nSPS) is 12.9. The molecule has 0 aliphatic carbocycles. The molecule has 0 aliphatic heterocycles. The lowest BCUT2D eigenvalue weighted by Crippen LogP contribution is -2.11. The monoisotopic (exact) mass is 266 g/mol. The molecule has 0 saturated heterocycles. The molecule has 18 heavy (non-hydrogen) atoms. The fourth-order valence-corrected chi connectivity index (χ4v) is 2.42. The molecule has 98 valence electrons. The molecule has 0 spiro atoms. The minimum atomic E-state index is 0.355. The van der Waals surface area contributed by atoms with Crippen molar-refractivity contribution in [1.82, 2.24) is 14.6 Å². The van der Waals surface area contributed by atoms with E-state index in [0.29, 0.717) is 11.1 Å². The minimum absolute atomic E-state index is 0.355. The minimum Gasteiger partial charge on any atom is -0.370 e. The Labute approximate surface area is 112 Å². The molecule has 0 saturated carbocycles. The molecule has 0 fully saturated rings. The second-order valence-corrected chi connectivity index (χ2v) is 4.93. The van der Waals surface area contributed by atoms with Gasteiger partial charge in [0.2, 0.25) is 0 Å². The van der Waals surface area contributed by atoms with Crippen LogP contribution in [0.3, 0.4) is 0 Å². The summed E-state index contributed by atoms with van der Waals surface area (Å²) in [7, 11) is 0. The number of rotatable bonds is 4. The van der Waals surface area contributed by atoms with Crippen LogP contribution in [0.1, 0.15) is 44.2 Å². The Balaban J connectivity index is 2.75. The zero-order valence-electron chi connectivity index (χ0n) is 11.3. The lowest BCUT2D eigenvalue weighted by Gasteiger charge is -2.18. The second kappa shape index (κ2) is 5.14. The molecule has 0 bridgehead atoms. The van der Waals surface area contributed by atoms with Crippen molar-refractivity contribution < 1.29 is 0 Å². The zero-order valence-corrected chi connectivity index (χ0v) is 12.0. The van der Waals surface area contributed by atoms with Crippen molar-refractivity contribution in [2.75, 3.05) is 11.9 Å². The molecule has 4 nitrogen and oxygen atoms in total. The Morgan fingerprint density at radius 1 is 1.44 bits per heavy atom. The summed E-state index contributed by atoms with van der Waals surface area (Å²) in [5.41, 5.74) is 2.91. The van der Waals surface area contributed by atoms with E-state index in [2.05, 4.69) is 36.2 Å². The number of fused-ring (bicyclic) bond motifs is 1. The standard InChI is InChI=1S/C13H19ClN4/c1-5-8(3)10-11(14)17-12-9(4)7-16-18(12)13(10)15-6-2/h7-8,15H,5-6H2,1-4H3. The predicted molar refractivity (Wildman–Crippen MR) is 75.6 cm³/mol. The molecule has 0 amide bonds. The molecular formula is C13H19ClN4. The smallest absolute Gasteiger partial charge is 0.161 e. The predicted octanol–water partition coefficient (Wildman–Crippen LogP) is 3.64. The Morgan fingerprint density at radius 2 is 2.17 bits per heavy atom. The summed E-state index contributed by atoms with van der Waals surface area (Å²) in [6.07, 6.45) is 2.84. The Bertz CT molecular complexity index is 562. The molecule has 2 aromatic heterocycles. The van der Waals surface area contributed by atoms with Crippen molar-refractivity contribution in [1.29, 1.82) is 0 Å². The van der Waals surface area contributed by atoms with Gasteiger partial charge in [-0.25, -0.2) is 4.98 Å². The van der Waals surface area contributed by atoms with Crippen molar-refractivity contribution in [2.24, 2.45) is 0 Å². The van der Waals surface area contributed by atoms with Crippen LogP contribution >= 0.6 is 11.6 Å². The number of hydrogen-bond acceptors (Lipinski definition) is 3. The Hall–Kier alpha value is -1.29. The zero-order chi connectivity index (χ0) is 13.3. The van der Waals surface area contributed by atoms with Crippen molar-refractivity contribution in [3.63, 3.8) is 0 Å². The van der Waals surface area contributed by atoms with E-state index in [9.17, 15) is 0 Å². The third-order valence-corrected chi connectivity index (χ3v) is 3.55. The molecule has 0 radical (unpaired) electrons. The average molecular weight is 267 g/mol. The van der Waals surface area contributed by atoms with Gasteiger partial charge in [0.1, 0.15) is 11.0 Å². The van der Waals surface area contributed by atoms with Gasteiger partial charge < -0.3 is 5.32 Å². The lowest BCUT2D eigenvalue weighted by molar-refractivity contribution is 0.720. The van der Waals surface area contributed by atoms with Crippen LogP contribution in [0.4, 0.5) is 5.82 Å². The number of anilines is 1. The molecule has 0 aromatic carbocycles. The molecule has 1 N–H and O–H groups in total. The Kier molecular flexibility index (Phi) is 3.76. The summed E-state index contributed by atoms with van der Waals surface area (Å²) in [5, 5.41) is 8.33. The fourth-order valence-electron chi connectivity index (χ4n) is 2.07. The first-order valence-electron chi connectivity index (χ1n) is 6.37. The number of aryl methyl sites for hydroxylation is 1. The second-order valence-electron chi connectivity index (χ2n) is 4.57. The maximum atomic E-state index is 6.35. The first-order chi connectivity index (χ1) is 8.60.